The molecule has 1 aromatic rings. The first-order chi connectivity index (χ1) is 7.57. The fraction of sp³-hybridized carbons (Fsp3) is 0.273. The molecule has 1 aromatic carbocycles. The fourth-order valence-corrected chi connectivity index (χ4v) is 3.88. The second kappa shape index (κ2) is 6.26. The Morgan fingerprint density at radius 1 is 1.56 bits per heavy atom. The number of hydrogen-bond acceptors (Lipinski definition) is 3. The lowest BCUT2D eigenvalue weighted by Gasteiger charge is -2.16. The minimum absolute atomic E-state index is 0.382. The molecule has 0 aromatic heterocycles. The Morgan fingerprint density at radius 3 is 2.69 bits per heavy atom. The van der Waals surface area contributed by atoms with Crippen LogP contribution in [-0.4, -0.2) is 11.0 Å². The summed E-state index contributed by atoms with van der Waals surface area (Å²) in [5.74, 6) is 0. The average Bonchev–Trinajstić information content (AvgIpc) is 2.26. The Balaban J connectivity index is 2.65. The molecule has 0 fully saturated rings. The van der Waals surface area contributed by atoms with Crippen molar-refractivity contribution in [2.24, 2.45) is 0 Å². The molecular formula is C11H15O3PS. The topological polar surface area (TPSA) is 46.5 Å². The van der Waals surface area contributed by atoms with E-state index in [4.69, 9.17) is 4.52 Å². The lowest BCUT2D eigenvalue weighted by Crippen LogP contribution is -2.04. The molecule has 2 unspecified atom stereocenters. The SMILES string of the molecule is C=CC(CC)OP(=O)(O)Sc1ccccc1. The molecule has 0 aliphatic carbocycles. The predicted molar refractivity (Wildman–Crippen MR) is 67.5 cm³/mol. The molecule has 0 heterocycles. The van der Waals surface area contributed by atoms with Crippen LogP contribution in [-0.2, 0) is 9.09 Å². The molecule has 3 nitrogen and oxygen atoms in total. The summed E-state index contributed by atoms with van der Waals surface area (Å²) in [6.07, 6.45) is 1.78. The minimum atomic E-state index is -3.66. The van der Waals surface area contributed by atoms with Crippen molar-refractivity contribution in [3.05, 3.63) is 43.0 Å². The van der Waals surface area contributed by atoms with Gasteiger partial charge in [-0.25, -0.2) is 4.57 Å². The Labute approximate surface area is 99.8 Å². The van der Waals surface area contributed by atoms with E-state index in [0.29, 0.717) is 11.3 Å². The third-order valence-electron chi connectivity index (χ3n) is 1.90. The van der Waals surface area contributed by atoms with Crippen LogP contribution in [0.25, 0.3) is 0 Å². The zero-order valence-electron chi connectivity index (χ0n) is 9.07. The Bertz CT molecular complexity index is 380. The van der Waals surface area contributed by atoms with E-state index in [1.54, 1.807) is 12.1 Å². The van der Waals surface area contributed by atoms with Gasteiger partial charge in [-0.05, 0) is 29.9 Å². The quantitative estimate of drug-likeness (QED) is 0.621. The van der Waals surface area contributed by atoms with Crippen LogP contribution in [0.1, 0.15) is 13.3 Å². The molecule has 1 rings (SSSR count). The highest BCUT2D eigenvalue weighted by molar-refractivity contribution is 8.54. The Kier molecular flexibility index (Phi) is 5.29. The van der Waals surface area contributed by atoms with Gasteiger partial charge in [0, 0.05) is 4.90 Å². The maximum absolute atomic E-state index is 11.8. The third kappa shape index (κ3) is 4.54. The van der Waals surface area contributed by atoms with Crippen molar-refractivity contribution in [3.8, 4) is 0 Å². The summed E-state index contributed by atoms with van der Waals surface area (Å²) in [6, 6.07) is 9.02. The second-order valence-electron chi connectivity index (χ2n) is 3.16. The van der Waals surface area contributed by atoms with Crippen LogP contribution < -0.4 is 0 Å². The summed E-state index contributed by atoms with van der Waals surface area (Å²) in [7, 11) is 0. The van der Waals surface area contributed by atoms with E-state index in [9.17, 15) is 9.46 Å². The van der Waals surface area contributed by atoms with Crippen molar-refractivity contribution >= 4 is 18.2 Å². The number of rotatable bonds is 6. The van der Waals surface area contributed by atoms with E-state index in [1.165, 1.54) is 6.08 Å². The monoisotopic (exact) mass is 258 g/mol. The highest BCUT2D eigenvalue weighted by Gasteiger charge is 2.24. The largest absolute Gasteiger partial charge is 0.391 e. The van der Waals surface area contributed by atoms with Gasteiger partial charge in [-0.15, -0.1) is 6.58 Å². The van der Waals surface area contributed by atoms with Crippen LogP contribution in [0.15, 0.2) is 47.9 Å². The molecule has 2 atom stereocenters. The summed E-state index contributed by atoms with van der Waals surface area (Å²) in [5, 5.41) is 0. The smallest absolute Gasteiger partial charge is 0.316 e. The standard InChI is InChI=1S/C11H15O3PS/c1-3-10(4-2)14-15(12,13)16-11-8-6-5-7-9-11/h3,5-10H,1,4H2,2H3,(H,12,13). The molecule has 0 bridgehead atoms. The van der Waals surface area contributed by atoms with E-state index in [2.05, 4.69) is 6.58 Å². The van der Waals surface area contributed by atoms with Crippen molar-refractivity contribution in [2.75, 3.05) is 0 Å². The molecule has 88 valence electrons. The van der Waals surface area contributed by atoms with E-state index in [0.717, 1.165) is 11.4 Å². The summed E-state index contributed by atoms with van der Waals surface area (Å²) < 4.78 is 16.9. The maximum atomic E-state index is 11.8. The van der Waals surface area contributed by atoms with Crippen LogP contribution in [0.3, 0.4) is 0 Å². The van der Waals surface area contributed by atoms with Gasteiger partial charge in [-0.1, -0.05) is 31.2 Å². The molecule has 0 aliphatic heterocycles. The first-order valence-electron chi connectivity index (χ1n) is 4.96. The van der Waals surface area contributed by atoms with Crippen molar-refractivity contribution in [3.63, 3.8) is 0 Å². The van der Waals surface area contributed by atoms with Crippen molar-refractivity contribution in [2.45, 2.75) is 24.3 Å². The molecular weight excluding hydrogens is 243 g/mol. The Hall–Kier alpha value is -0.540. The summed E-state index contributed by atoms with van der Waals surface area (Å²) in [5.41, 5.74) is 0. The lowest BCUT2D eigenvalue weighted by atomic mass is 10.3. The van der Waals surface area contributed by atoms with Crippen LogP contribution in [0.5, 0.6) is 0 Å². The molecule has 0 saturated carbocycles. The van der Waals surface area contributed by atoms with Gasteiger partial charge < -0.3 is 4.89 Å². The average molecular weight is 258 g/mol. The zero-order valence-corrected chi connectivity index (χ0v) is 10.8. The molecule has 0 spiro atoms. The van der Waals surface area contributed by atoms with Gasteiger partial charge in [0.2, 0.25) is 0 Å². The number of benzene rings is 1. The van der Waals surface area contributed by atoms with Gasteiger partial charge in [0.25, 0.3) is 0 Å². The summed E-state index contributed by atoms with van der Waals surface area (Å²) in [4.78, 5) is 10.4. The first-order valence-corrected chi connectivity index (χ1v) is 7.95. The minimum Gasteiger partial charge on any atom is -0.316 e. The summed E-state index contributed by atoms with van der Waals surface area (Å²) >= 11 is 0.846. The lowest BCUT2D eigenvalue weighted by molar-refractivity contribution is 0.220. The fourth-order valence-electron chi connectivity index (χ4n) is 1.09. The van der Waals surface area contributed by atoms with Crippen molar-refractivity contribution < 1.29 is 14.0 Å². The van der Waals surface area contributed by atoms with Crippen LogP contribution in [0.2, 0.25) is 0 Å². The van der Waals surface area contributed by atoms with Gasteiger partial charge in [0.05, 0.1) is 6.10 Å². The highest BCUT2D eigenvalue weighted by atomic mass is 32.7. The van der Waals surface area contributed by atoms with Crippen LogP contribution in [0, 0.1) is 0 Å². The molecule has 5 heteroatoms. The van der Waals surface area contributed by atoms with E-state index < -0.39 is 6.80 Å². The molecule has 16 heavy (non-hydrogen) atoms. The summed E-state index contributed by atoms with van der Waals surface area (Å²) in [6.45, 7) is 1.77. The van der Waals surface area contributed by atoms with Gasteiger partial charge in [-0.3, -0.25) is 4.52 Å². The van der Waals surface area contributed by atoms with Crippen LogP contribution in [0.4, 0.5) is 0 Å². The van der Waals surface area contributed by atoms with Gasteiger partial charge in [-0.2, -0.15) is 0 Å². The van der Waals surface area contributed by atoms with Crippen LogP contribution >= 0.6 is 18.2 Å². The van der Waals surface area contributed by atoms with E-state index in [-0.39, 0.29) is 6.10 Å². The molecule has 0 aliphatic rings. The zero-order chi connectivity index (χ0) is 12.0. The van der Waals surface area contributed by atoms with Crippen molar-refractivity contribution in [1.29, 1.82) is 0 Å². The number of hydrogen-bond donors (Lipinski definition) is 1. The van der Waals surface area contributed by atoms with E-state index >= 15 is 0 Å². The normalized spacial score (nSPS) is 16.4. The third-order valence-corrected chi connectivity index (χ3v) is 4.73. The molecule has 0 radical (unpaired) electrons. The van der Waals surface area contributed by atoms with Gasteiger partial charge in [0.15, 0.2) is 0 Å². The van der Waals surface area contributed by atoms with Crippen molar-refractivity contribution in [1.82, 2.24) is 0 Å². The first kappa shape index (κ1) is 13.5. The van der Waals surface area contributed by atoms with Gasteiger partial charge >= 0.3 is 6.80 Å². The molecule has 1 N–H and O–H groups in total. The van der Waals surface area contributed by atoms with E-state index in [1.807, 2.05) is 25.1 Å². The maximum Gasteiger partial charge on any atom is 0.391 e. The molecule has 0 saturated heterocycles. The molecule has 0 amide bonds. The highest BCUT2D eigenvalue weighted by Crippen LogP contribution is 2.60. The van der Waals surface area contributed by atoms with Gasteiger partial charge in [0.1, 0.15) is 0 Å². The Morgan fingerprint density at radius 2 is 2.19 bits per heavy atom. The predicted octanol–water partition coefficient (Wildman–Crippen LogP) is 3.86. The second-order valence-corrected chi connectivity index (χ2v) is 6.89.